The third kappa shape index (κ3) is 11.5. The minimum absolute atomic E-state index is 0.0422. The molecule has 0 aromatic carbocycles. The van der Waals surface area contributed by atoms with Gasteiger partial charge in [0.25, 0.3) is 0 Å². The summed E-state index contributed by atoms with van der Waals surface area (Å²) in [5.41, 5.74) is 0. The fourth-order valence-corrected chi connectivity index (χ4v) is 1.46. The van der Waals surface area contributed by atoms with Crippen LogP contribution in [0.5, 0.6) is 0 Å². The van der Waals surface area contributed by atoms with E-state index in [9.17, 15) is 4.79 Å². The van der Waals surface area contributed by atoms with E-state index in [-0.39, 0.29) is 12.1 Å². The van der Waals surface area contributed by atoms with Crippen molar-refractivity contribution >= 4 is 5.97 Å². The number of unbranched alkanes of at least 4 members (excludes halogenated alkanes) is 1. The van der Waals surface area contributed by atoms with E-state index in [1.807, 2.05) is 18.2 Å². The van der Waals surface area contributed by atoms with Gasteiger partial charge in [0.15, 0.2) is 0 Å². The lowest BCUT2D eigenvalue weighted by Gasteiger charge is -2.08. The van der Waals surface area contributed by atoms with Gasteiger partial charge in [0.1, 0.15) is 0 Å². The molecule has 0 aromatic rings. The lowest BCUT2D eigenvalue weighted by molar-refractivity contribution is -0.141. The maximum absolute atomic E-state index is 11.0. The number of ether oxygens (including phenoxy) is 2. The molecule has 1 atom stereocenters. The first-order valence-electron chi connectivity index (χ1n) is 6.82. The van der Waals surface area contributed by atoms with Crippen LogP contribution in [0, 0.1) is 0 Å². The van der Waals surface area contributed by atoms with Crippen LogP contribution >= 0.6 is 0 Å². The minimum Gasteiger partial charge on any atom is -0.469 e. The summed E-state index contributed by atoms with van der Waals surface area (Å²) in [6.07, 6.45) is 16.6. The van der Waals surface area contributed by atoms with Crippen molar-refractivity contribution in [3.8, 4) is 0 Å². The van der Waals surface area contributed by atoms with E-state index >= 15 is 0 Å². The van der Waals surface area contributed by atoms with Gasteiger partial charge in [-0.25, -0.2) is 0 Å². The summed E-state index contributed by atoms with van der Waals surface area (Å²) in [5, 5.41) is 0. The Hall–Kier alpha value is -1.35. The molecule has 0 spiro atoms. The number of methoxy groups -OCH3 is 2. The summed E-state index contributed by atoms with van der Waals surface area (Å²) in [6, 6.07) is 0. The van der Waals surface area contributed by atoms with Gasteiger partial charge in [0, 0.05) is 13.5 Å². The van der Waals surface area contributed by atoms with Gasteiger partial charge in [-0.1, -0.05) is 49.8 Å². The van der Waals surface area contributed by atoms with Crippen LogP contribution in [-0.2, 0) is 14.3 Å². The molecular formula is C16H26O3. The Balaban J connectivity index is 3.86. The number of rotatable bonds is 10. The zero-order valence-electron chi connectivity index (χ0n) is 12.3. The largest absolute Gasteiger partial charge is 0.469 e. The summed E-state index contributed by atoms with van der Waals surface area (Å²) < 4.78 is 9.86. The van der Waals surface area contributed by atoms with Crippen molar-refractivity contribution in [3.05, 3.63) is 36.5 Å². The Labute approximate surface area is 117 Å². The maximum atomic E-state index is 11.0. The molecule has 0 aromatic heterocycles. The molecule has 19 heavy (non-hydrogen) atoms. The number of carbonyl (C=O) groups excluding carboxylic acids is 1. The molecule has 0 saturated carbocycles. The van der Waals surface area contributed by atoms with Gasteiger partial charge in [-0.2, -0.15) is 0 Å². The molecule has 0 aliphatic heterocycles. The molecule has 0 saturated heterocycles. The molecule has 0 bridgehead atoms. The molecular weight excluding hydrogens is 240 g/mol. The van der Waals surface area contributed by atoms with E-state index in [1.165, 1.54) is 13.5 Å². The van der Waals surface area contributed by atoms with E-state index < -0.39 is 0 Å². The molecule has 0 fully saturated rings. The highest BCUT2D eigenvalue weighted by Crippen LogP contribution is 2.04. The number of esters is 1. The average molecular weight is 266 g/mol. The number of hydrogen-bond acceptors (Lipinski definition) is 3. The molecule has 0 aliphatic carbocycles. The van der Waals surface area contributed by atoms with Crippen LogP contribution < -0.4 is 0 Å². The lowest BCUT2D eigenvalue weighted by Crippen LogP contribution is -2.10. The quantitative estimate of drug-likeness (QED) is 0.342. The van der Waals surface area contributed by atoms with Crippen LogP contribution in [0.1, 0.15) is 39.0 Å². The summed E-state index contributed by atoms with van der Waals surface area (Å²) in [7, 11) is 3.04. The first-order valence-corrected chi connectivity index (χ1v) is 6.82. The molecule has 3 nitrogen and oxygen atoms in total. The number of hydrogen-bond donors (Lipinski definition) is 0. The normalized spacial score (nSPS) is 13.6. The molecule has 0 radical (unpaired) electrons. The molecule has 3 heteroatoms. The van der Waals surface area contributed by atoms with Gasteiger partial charge in [0.05, 0.1) is 13.2 Å². The molecule has 1 unspecified atom stereocenters. The topological polar surface area (TPSA) is 35.5 Å². The second kappa shape index (κ2) is 13.1. The van der Waals surface area contributed by atoms with E-state index in [0.29, 0.717) is 12.8 Å². The second-order valence-electron chi connectivity index (χ2n) is 4.20. The fourth-order valence-electron chi connectivity index (χ4n) is 1.46. The van der Waals surface area contributed by atoms with Crippen LogP contribution in [-0.4, -0.2) is 26.3 Å². The Bertz CT molecular complexity index is 303. The molecule has 0 rings (SSSR count). The van der Waals surface area contributed by atoms with Crippen molar-refractivity contribution in [1.29, 1.82) is 0 Å². The van der Waals surface area contributed by atoms with Gasteiger partial charge in [-0.15, -0.1) is 0 Å². The van der Waals surface area contributed by atoms with Crippen molar-refractivity contribution in [1.82, 2.24) is 0 Å². The second-order valence-corrected chi connectivity index (χ2v) is 4.20. The van der Waals surface area contributed by atoms with Crippen LogP contribution in [0.2, 0.25) is 0 Å². The van der Waals surface area contributed by atoms with Crippen molar-refractivity contribution in [2.24, 2.45) is 0 Å². The Morgan fingerprint density at radius 2 is 1.95 bits per heavy atom. The third-order valence-corrected chi connectivity index (χ3v) is 2.63. The maximum Gasteiger partial charge on any atom is 0.305 e. The third-order valence-electron chi connectivity index (χ3n) is 2.63. The Morgan fingerprint density at radius 3 is 2.58 bits per heavy atom. The molecule has 0 heterocycles. The number of allylic oxidation sites excluding steroid dienone is 5. The van der Waals surface area contributed by atoms with Crippen molar-refractivity contribution in [2.45, 2.75) is 45.1 Å². The highest BCUT2D eigenvalue weighted by molar-refractivity contribution is 5.69. The first kappa shape index (κ1) is 17.6. The zero-order valence-corrected chi connectivity index (χ0v) is 12.3. The summed E-state index contributed by atoms with van der Waals surface area (Å²) in [4.78, 5) is 11.0. The monoisotopic (exact) mass is 266 g/mol. The van der Waals surface area contributed by atoms with E-state index in [0.717, 1.165) is 12.8 Å². The highest BCUT2D eigenvalue weighted by atomic mass is 16.5. The minimum atomic E-state index is -0.202. The smallest absolute Gasteiger partial charge is 0.305 e. The molecule has 0 amide bonds. The van der Waals surface area contributed by atoms with E-state index in [4.69, 9.17) is 4.74 Å². The summed E-state index contributed by atoms with van der Waals surface area (Å²) >= 11 is 0. The Kier molecular flexibility index (Phi) is 12.2. The van der Waals surface area contributed by atoms with Crippen molar-refractivity contribution in [3.63, 3.8) is 0 Å². The van der Waals surface area contributed by atoms with Crippen LogP contribution in [0.3, 0.4) is 0 Å². The van der Waals surface area contributed by atoms with Gasteiger partial charge < -0.3 is 9.47 Å². The van der Waals surface area contributed by atoms with E-state index in [1.54, 1.807) is 7.11 Å². The van der Waals surface area contributed by atoms with Crippen molar-refractivity contribution < 1.29 is 14.3 Å². The zero-order chi connectivity index (χ0) is 14.3. The Morgan fingerprint density at radius 1 is 1.16 bits per heavy atom. The predicted octanol–water partition coefficient (Wildman–Crippen LogP) is 3.81. The van der Waals surface area contributed by atoms with Gasteiger partial charge >= 0.3 is 5.97 Å². The van der Waals surface area contributed by atoms with Crippen LogP contribution in [0.4, 0.5) is 0 Å². The molecule has 108 valence electrons. The fraction of sp³-hybridized carbons (Fsp3) is 0.562. The van der Waals surface area contributed by atoms with Crippen molar-refractivity contribution in [2.75, 3.05) is 14.2 Å². The summed E-state index contributed by atoms with van der Waals surface area (Å²) in [6.45, 7) is 2.17. The van der Waals surface area contributed by atoms with Crippen LogP contribution in [0.15, 0.2) is 36.5 Å². The number of carbonyl (C=O) groups is 1. The SMILES string of the molecule is CCCC=CCC=CC=CC(CCC(=O)OC)OC. The molecule has 0 N–H and O–H groups in total. The average Bonchev–Trinajstić information content (AvgIpc) is 2.44. The van der Waals surface area contributed by atoms with Crippen LogP contribution in [0.25, 0.3) is 0 Å². The van der Waals surface area contributed by atoms with Gasteiger partial charge in [-0.3, -0.25) is 4.79 Å². The lowest BCUT2D eigenvalue weighted by atomic mass is 10.2. The van der Waals surface area contributed by atoms with Gasteiger partial charge in [0.2, 0.25) is 0 Å². The summed E-state index contributed by atoms with van der Waals surface area (Å²) in [5.74, 6) is -0.202. The molecule has 0 aliphatic rings. The van der Waals surface area contributed by atoms with E-state index in [2.05, 4.69) is 29.9 Å². The first-order chi connectivity index (χ1) is 9.24. The van der Waals surface area contributed by atoms with Gasteiger partial charge in [-0.05, 0) is 19.3 Å². The predicted molar refractivity (Wildman–Crippen MR) is 79.0 cm³/mol. The standard InChI is InChI=1S/C16H26O3/c1-4-5-6-7-8-9-10-11-12-15(18-2)13-14-16(17)19-3/h6-7,9-12,15H,4-5,8,13-14H2,1-3H3. The highest BCUT2D eigenvalue weighted by Gasteiger charge is 2.06.